The summed E-state index contributed by atoms with van der Waals surface area (Å²) in [6, 6.07) is 9.01. The van der Waals surface area contributed by atoms with E-state index in [1.807, 2.05) is 6.07 Å². The van der Waals surface area contributed by atoms with Gasteiger partial charge in [-0.3, -0.25) is 9.59 Å². The van der Waals surface area contributed by atoms with E-state index in [4.69, 9.17) is 22.7 Å². The van der Waals surface area contributed by atoms with Gasteiger partial charge in [-0.15, -0.1) is 0 Å². The van der Waals surface area contributed by atoms with E-state index in [2.05, 4.69) is 0 Å². The third kappa shape index (κ3) is 4.31. The summed E-state index contributed by atoms with van der Waals surface area (Å²) < 4.78 is 4.81. The highest BCUT2D eigenvalue weighted by Gasteiger charge is 2.27. The Bertz CT molecular complexity index is 490. The van der Waals surface area contributed by atoms with Gasteiger partial charge < -0.3 is 15.4 Å². The fraction of sp³-hybridized carbons (Fsp3) is 0.357. The van der Waals surface area contributed by atoms with E-state index >= 15 is 0 Å². The molecule has 108 valence electrons. The molecular formula is C14H18N2O3S. The maximum atomic E-state index is 12.4. The highest BCUT2D eigenvalue weighted by atomic mass is 32.1. The van der Waals surface area contributed by atoms with Crippen molar-refractivity contribution in [1.29, 1.82) is 0 Å². The average Bonchev–Trinajstić information content (AvgIpc) is 2.39. The summed E-state index contributed by atoms with van der Waals surface area (Å²) in [6.45, 7) is 1.86. The van der Waals surface area contributed by atoms with Crippen LogP contribution in [0.3, 0.4) is 0 Å². The van der Waals surface area contributed by atoms with Crippen molar-refractivity contribution < 1.29 is 14.3 Å². The molecule has 0 spiro atoms. The third-order valence-corrected chi connectivity index (χ3v) is 2.95. The molecule has 20 heavy (non-hydrogen) atoms. The maximum absolute atomic E-state index is 12.4. The van der Waals surface area contributed by atoms with Gasteiger partial charge in [0, 0.05) is 7.05 Å². The van der Waals surface area contributed by atoms with Crippen LogP contribution in [0.2, 0.25) is 0 Å². The number of likely N-dealkylation sites (N-methyl/N-ethyl adjacent to an activating group) is 1. The molecule has 2 N–H and O–H groups in total. The Morgan fingerprint density at radius 1 is 1.35 bits per heavy atom. The van der Waals surface area contributed by atoms with Gasteiger partial charge in [-0.1, -0.05) is 42.5 Å². The van der Waals surface area contributed by atoms with Crippen LogP contribution in [-0.4, -0.2) is 42.0 Å². The molecule has 6 heteroatoms. The molecule has 0 fully saturated rings. The Morgan fingerprint density at radius 3 is 2.45 bits per heavy atom. The number of hydrogen-bond acceptors (Lipinski definition) is 4. The molecule has 1 amide bonds. The van der Waals surface area contributed by atoms with E-state index in [0.717, 1.165) is 0 Å². The number of carbonyl (C=O) groups excluding carboxylic acids is 2. The smallest absolute Gasteiger partial charge is 0.325 e. The van der Waals surface area contributed by atoms with Crippen LogP contribution in [-0.2, 0) is 14.3 Å². The number of esters is 1. The lowest BCUT2D eigenvalue weighted by Gasteiger charge is -2.22. The van der Waals surface area contributed by atoms with Gasteiger partial charge >= 0.3 is 5.97 Å². The number of rotatable bonds is 6. The second-order valence-corrected chi connectivity index (χ2v) is 4.72. The van der Waals surface area contributed by atoms with Gasteiger partial charge in [-0.05, 0) is 12.5 Å². The molecule has 0 radical (unpaired) electrons. The molecule has 1 aromatic rings. The van der Waals surface area contributed by atoms with Crippen molar-refractivity contribution in [3.8, 4) is 0 Å². The molecule has 0 heterocycles. The van der Waals surface area contributed by atoms with Crippen molar-refractivity contribution in [3.05, 3.63) is 35.9 Å². The predicted octanol–water partition coefficient (Wildman–Crippen LogP) is 1.08. The second kappa shape index (κ2) is 7.59. The standard InChI is InChI=1S/C14H18N2O3S/c1-3-19-11(17)9-16(2)14(18)12(13(15)20)10-7-5-4-6-8-10/h4-8,12H,3,9H2,1-2H3,(H2,15,20). The molecule has 5 nitrogen and oxygen atoms in total. The third-order valence-electron chi connectivity index (χ3n) is 2.71. The van der Waals surface area contributed by atoms with Crippen molar-refractivity contribution in [2.75, 3.05) is 20.2 Å². The Balaban J connectivity index is 2.85. The largest absolute Gasteiger partial charge is 0.465 e. The number of thiocarbonyl (C=S) groups is 1. The molecule has 0 aliphatic heterocycles. The monoisotopic (exact) mass is 294 g/mol. The van der Waals surface area contributed by atoms with Gasteiger partial charge in [0.15, 0.2) is 0 Å². The SMILES string of the molecule is CCOC(=O)CN(C)C(=O)C(C(N)=S)c1ccccc1. The van der Waals surface area contributed by atoms with E-state index in [0.29, 0.717) is 5.56 Å². The van der Waals surface area contributed by atoms with Crippen LogP contribution in [0.4, 0.5) is 0 Å². The fourth-order valence-corrected chi connectivity index (χ4v) is 2.01. The first kappa shape index (κ1) is 16.1. The molecule has 1 unspecified atom stereocenters. The Morgan fingerprint density at radius 2 is 1.95 bits per heavy atom. The first-order chi connectivity index (χ1) is 9.47. The van der Waals surface area contributed by atoms with Crippen LogP contribution >= 0.6 is 12.2 Å². The lowest BCUT2D eigenvalue weighted by Crippen LogP contribution is -2.40. The molecule has 1 rings (SSSR count). The summed E-state index contributed by atoms with van der Waals surface area (Å²) >= 11 is 4.97. The van der Waals surface area contributed by atoms with Gasteiger partial charge in [-0.2, -0.15) is 0 Å². The quantitative estimate of drug-likeness (QED) is 0.628. The van der Waals surface area contributed by atoms with E-state index in [-0.39, 0.29) is 24.0 Å². The van der Waals surface area contributed by atoms with Crippen molar-refractivity contribution >= 4 is 29.1 Å². The lowest BCUT2D eigenvalue weighted by molar-refractivity contribution is -0.148. The number of carbonyl (C=O) groups is 2. The lowest BCUT2D eigenvalue weighted by atomic mass is 9.98. The molecule has 0 bridgehead atoms. The average molecular weight is 294 g/mol. The van der Waals surface area contributed by atoms with Gasteiger partial charge in [0.05, 0.1) is 11.6 Å². The van der Waals surface area contributed by atoms with Crippen LogP contribution in [0.1, 0.15) is 18.4 Å². The fourth-order valence-electron chi connectivity index (χ4n) is 1.77. The predicted molar refractivity (Wildman–Crippen MR) is 80.2 cm³/mol. The van der Waals surface area contributed by atoms with Gasteiger partial charge in [0.1, 0.15) is 12.5 Å². The minimum Gasteiger partial charge on any atom is -0.465 e. The van der Waals surface area contributed by atoms with Crippen LogP contribution in [0.5, 0.6) is 0 Å². The van der Waals surface area contributed by atoms with Crippen molar-refractivity contribution in [2.24, 2.45) is 5.73 Å². The molecule has 0 aliphatic rings. The summed E-state index contributed by atoms with van der Waals surface area (Å²) in [7, 11) is 1.52. The molecule has 0 saturated heterocycles. The summed E-state index contributed by atoms with van der Waals surface area (Å²) in [5, 5.41) is 0. The maximum Gasteiger partial charge on any atom is 0.325 e. The second-order valence-electron chi connectivity index (χ2n) is 4.25. The number of benzene rings is 1. The van der Waals surface area contributed by atoms with E-state index in [1.54, 1.807) is 31.2 Å². The minimum absolute atomic E-state index is 0.0805. The molecule has 0 saturated carbocycles. The number of nitrogens with zero attached hydrogens (tertiary/aromatic N) is 1. The minimum atomic E-state index is -0.731. The van der Waals surface area contributed by atoms with Crippen molar-refractivity contribution in [1.82, 2.24) is 4.90 Å². The van der Waals surface area contributed by atoms with Crippen molar-refractivity contribution in [2.45, 2.75) is 12.8 Å². The molecule has 1 aromatic carbocycles. The van der Waals surface area contributed by atoms with Gasteiger partial charge in [0.2, 0.25) is 5.91 Å². The number of ether oxygens (including phenoxy) is 1. The summed E-state index contributed by atoms with van der Waals surface area (Å²) in [6.07, 6.45) is 0. The topological polar surface area (TPSA) is 72.6 Å². The van der Waals surface area contributed by atoms with E-state index in [9.17, 15) is 9.59 Å². The summed E-state index contributed by atoms with van der Waals surface area (Å²) in [5.41, 5.74) is 6.37. The first-order valence-electron chi connectivity index (χ1n) is 6.22. The van der Waals surface area contributed by atoms with Crippen LogP contribution in [0.25, 0.3) is 0 Å². The molecule has 0 aliphatic carbocycles. The Hall–Kier alpha value is -1.95. The zero-order valence-corrected chi connectivity index (χ0v) is 12.4. The van der Waals surface area contributed by atoms with E-state index in [1.165, 1.54) is 11.9 Å². The van der Waals surface area contributed by atoms with Gasteiger partial charge in [0.25, 0.3) is 0 Å². The normalized spacial score (nSPS) is 11.5. The number of hydrogen-bond donors (Lipinski definition) is 1. The summed E-state index contributed by atoms with van der Waals surface area (Å²) in [4.78, 5) is 25.1. The zero-order valence-electron chi connectivity index (χ0n) is 11.5. The molecular weight excluding hydrogens is 276 g/mol. The van der Waals surface area contributed by atoms with E-state index < -0.39 is 11.9 Å². The highest BCUT2D eigenvalue weighted by molar-refractivity contribution is 7.80. The number of nitrogens with two attached hydrogens (primary N) is 1. The van der Waals surface area contributed by atoms with Crippen molar-refractivity contribution in [3.63, 3.8) is 0 Å². The Kier molecular flexibility index (Phi) is 6.11. The Labute approximate surface area is 123 Å². The van der Waals surface area contributed by atoms with Gasteiger partial charge in [-0.25, -0.2) is 0 Å². The highest BCUT2D eigenvalue weighted by Crippen LogP contribution is 2.18. The van der Waals surface area contributed by atoms with Crippen LogP contribution in [0.15, 0.2) is 30.3 Å². The number of amides is 1. The molecule has 1 atom stereocenters. The van der Waals surface area contributed by atoms with Crippen LogP contribution < -0.4 is 5.73 Å². The first-order valence-corrected chi connectivity index (χ1v) is 6.63. The van der Waals surface area contributed by atoms with Crippen LogP contribution in [0, 0.1) is 0 Å². The molecule has 0 aromatic heterocycles. The zero-order chi connectivity index (χ0) is 15.1. The summed E-state index contributed by atoms with van der Waals surface area (Å²) in [5.74, 6) is -1.51.